The van der Waals surface area contributed by atoms with Crippen molar-refractivity contribution in [3.8, 4) is 5.40 Å². The molecule has 4 aliphatic carbocycles. The van der Waals surface area contributed by atoms with E-state index >= 15 is 0 Å². The first-order valence-corrected chi connectivity index (χ1v) is 13.7. The Labute approximate surface area is 212 Å². The third-order valence-electron chi connectivity index (χ3n) is 9.43. The summed E-state index contributed by atoms with van der Waals surface area (Å²) in [4.78, 5) is 27.6. The highest BCUT2D eigenvalue weighted by molar-refractivity contribution is 8.04. The predicted molar refractivity (Wildman–Crippen MR) is 139 cm³/mol. The molecule has 0 amide bonds. The summed E-state index contributed by atoms with van der Waals surface area (Å²) in [5, 5.41) is 22.9. The van der Waals surface area contributed by atoms with E-state index in [0.717, 1.165) is 43.1 Å². The van der Waals surface area contributed by atoms with Gasteiger partial charge in [0.25, 0.3) is 0 Å². The zero-order valence-corrected chi connectivity index (χ0v) is 21.7. The van der Waals surface area contributed by atoms with Crippen LogP contribution in [0.3, 0.4) is 0 Å². The number of carbonyl (C=O) groups excluding carboxylic acids is 2. The first kappa shape index (κ1) is 24.3. The number of rotatable bonds is 5. The molecule has 5 rings (SSSR count). The number of allylic oxidation sites excluding steroid dienone is 4. The zero-order valence-electron chi connectivity index (χ0n) is 20.8. The van der Waals surface area contributed by atoms with Crippen LogP contribution in [-0.2, 0) is 9.59 Å². The van der Waals surface area contributed by atoms with Crippen molar-refractivity contribution in [2.45, 2.75) is 63.4 Å². The normalized spacial score (nSPS) is 33.9. The number of aliphatic hydroxyl groups is 1. The smallest absolute Gasteiger partial charge is 0.175 e. The van der Waals surface area contributed by atoms with Crippen molar-refractivity contribution in [2.24, 2.45) is 17.3 Å². The molecule has 5 nitrogen and oxygen atoms in total. The van der Waals surface area contributed by atoms with Crippen LogP contribution in [0.2, 0.25) is 0 Å². The quantitative estimate of drug-likeness (QED) is 0.574. The van der Waals surface area contributed by atoms with Gasteiger partial charge in [0, 0.05) is 37.5 Å². The Morgan fingerprint density at radius 1 is 1.20 bits per heavy atom. The van der Waals surface area contributed by atoms with Crippen LogP contribution in [0, 0.1) is 27.9 Å². The second-order valence-electron chi connectivity index (χ2n) is 11.2. The van der Waals surface area contributed by atoms with Crippen LogP contribution in [0.5, 0.6) is 0 Å². The lowest BCUT2D eigenvalue weighted by Gasteiger charge is -2.54. The highest BCUT2D eigenvalue weighted by Gasteiger charge is 2.65. The number of fused-ring (bicyclic) bond motifs is 4. The number of carbonyl (C=O) groups is 2. The molecule has 2 unspecified atom stereocenters. The molecular formula is C29H34N2O3S. The molecule has 0 bridgehead atoms. The van der Waals surface area contributed by atoms with Crippen molar-refractivity contribution in [1.82, 2.24) is 0 Å². The second-order valence-corrected chi connectivity index (χ2v) is 11.9. The van der Waals surface area contributed by atoms with Crippen LogP contribution >= 0.6 is 11.8 Å². The number of Topliss-reactive ketones (excluding diaryl/α,β-unsaturated/α-hetero) is 1. The summed E-state index contributed by atoms with van der Waals surface area (Å²) in [7, 11) is 4.06. The molecule has 0 saturated heterocycles. The van der Waals surface area contributed by atoms with Crippen molar-refractivity contribution >= 4 is 29.0 Å². The molecule has 0 spiro atoms. The van der Waals surface area contributed by atoms with Gasteiger partial charge in [-0.1, -0.05) is 24.6 Å². The van der Waals surface area contributed by atoms with Gasteiger partial charge in [-0.3, -0.25) is 9.59 Å². The number of thiocyanates is 1. The minimum atomic E-state index is -1.40. The molecule has 2 saturated carbocycles. The van der Waals surface area contributed by atoms with Crippen molar-refractivity contribution in [3.63, 3.8) is 0 Å². The maximum absolute atomic E-state index is 13.3. The van der Waals surface area contributed by atoms with Gasteiger partial charge in [-0.05, 0) is 97.0 Å². The van der Waals surface area contributed by atoms with E-state index in [1.807, 2.05) is 25.6 Å². The average Bonchev–Trinajstić information content (AvgIpc) is 3.13. The van der Waals surface area contributed by atoms with Crippen molar-refractivity contribution in [2.75, 3.05) is 24.7 Å². The van der Waals surface area contributed by atoms with Crippen molar-refractivity contribution < 1.29 is 14.7 Å². The number of ketones is 2. The highest BCUT2D eigenvalue weighted by Crippen LogP contribution is 2.67. The van der Waals surface area contributed by atoms with Gasteiger partial charge >= 0.3 is 0 Å². The molecule has 1 aromatic carbocycles. The summed E-state index contributed by atoms with van der Waals surface area (Å²) in [6, 6.07) is 8.68. The Kier molecular flexibility index (Phi) is 6.22. The van der Waals surface area contributed by atoms with Gasteiger partial charge in [-0.2, -0.15) is 5.26 Å². The first-order valence-electron chi connectivity index (χ1n) is 12.7. The van der Waals surface area contributed by atoms with Crippen LogP contribution in [0.25, 0.3) is 0 Å². The van der Waals surface area contributed by atoms with Gasteiger partial charge in [0.05, 0.1) is 5.75 Å². The number of thioether (sulfide) groups is 1. The van der Waals surface area contributed by atoms with Crippen LogP contribution < -0.4 is 4.90 Å². The molecule has 1 N–H and O–H groups in total. The molecule has 184 valence electrons. The largest absolute Gasteiger partial charge is 0.381 e. The van der Waals surface area contributed by atoms with E-state index in [9.17, 15) is 14.7 Å². The fourth-order valence-corrected chi connectivity index (χ4v) is 8.08. The molecule has 1 aromatic rings. The Hall–Kier alpha value is -2.36. The van der Waals surface area contributed by atoms with Crippen LogP contribution in [0.15, 0.2) is 47.1 Å². The predicted octanol–water partition coefficient (Wildman–Crippen LogP) is 5.17. The van der Waals surface area contributed by atoms with Gasteiger partial charge < -0.3 is 10.0 Å². The van der Waals surface area contributed by atoms with E-state index in [-0.39, 0.29) is 29.2 Å². The summed E-state index contributed by atoms with van der Waals surface area (Å²) in [5.74, 6) is 0.689. The molecule has 0 heterocycles. The van der Waals surface area contributed by atoms with E-state index in [0.29, 0.717) is 25.2 Å². The summed E-state index contributed by atoms with van der Waals surface area (Å²) in [6.07, 6.45) is 7.08. The highest BCUT2D eigenvalue weighted by atomic mass is 32.2. The fourth-order valence-electron chi connectivity index (χ4n) is 7.64. The number of hydrogen-bond donors (Lipinski definition) is 1. The van der Waals surface area contributed by atoms with Gasteiger partial charge in [0.1, 0.15) is 11.0 Å². The number of nitrogens with zero attached hydrogens (tertiary/aromatic N) is 2. The number of nitriles is 1. The lowest BCUT2D eigenvalue weighted by molar-refractivity contribution is -0.152. The van der Waals surface area contributed by atoms with E-state index in [4.69, 9.17) is 5.26 Å². The Morgan fingerprint density at radius 3 is 2.63 bits per heavy atom. The third-order valence-corrected chi connectivity index (χ3v) is 9.96. The van der Waals surface area contributed by atoms with Crippen LogP contribution in [0.1, 0.15) is 63.4 Å². The van der Waals surface area contributed by atoms with Crippen molar-refractivity contribution in [3.05, 3.63) is 52.6 Å². The Morgan fingerprint density at radius 2 is 1.94 bits per heavy atom. The van der Waals surface area contributed by atoms with Gasteiger partial charge in [0.2, 0.25) is 0 Å². The standard InChI is InChI=1S/C29H34N2O3S/c1-28-15-24(18-4-7-20(8-5-18)31(2)3)27-22-11-9-21(32)14-19(22)6-10-23(27)25(28)12-13-29(28,34)26(33)16-35-17-30/h4-5,7-8,14,23-25,34H,6,9-13,15-16H2,1-3H3/t23?,24-,25?,28+,29+/m1/s1. The van der Waals surface area contributed by atoms with Crippen molar-refractivity contribution in [1.29, 1.82) is 5.26 Å². The molecule has 6 heteroatoms. The lowest BCUT2D eigenvalue weighted by atomic mass is 9.51. The van der Waals surface area contributed by atoms with E-state index in [2.05, 4.69) is 36.1 Å². The molecule has 2 fully saturated rings. The number of anilines is 1. The fraction of sp³-hybridized carbons (Fsp3) is 0.552. The Bertz CT molecular complexity index is 1160. The van der Waals surface area contributed by atoms with E-state index < -0.39 is 11.0 Å². The minimum absolute atomic E-state index is 0.0329. The maximum atomic E-state index is 13.3. The molecule has 0 aromatic heterocycles. The summed E-state index contributed by atoms with van der Waals surface area (Å²) in [5.41, 5.74) is 4.43. The third kappa shape index (κ3) is 3.79. The first-order chi connectivity index (χ1) is 16.7. The molecule has 0 radical (unpaired) electrons. The average molecular weight is 491 g/mol. The van der Waals surface area contributed by atoms with E-state index in [1.54, 1.807) is 0 Å². The van der Waals surface area contributed by atoms with Gasteiger partial charge in [-0.25, -0.2) is 0 Å². The van der Waals surface area contributed by atoms with Gasteiger partial charge in [-0.15, -0.1) is 0 Å². The summed E-state index contributed by atoms with van der Waals surface area (Å²) in [6.45, 7) is 2.12. The zero-order chi connectivity index (χ0) is 25.0. The minimum Gasteiger partial charge on any atom is -0.381 e. The number of hydrogen-bond acceptors (Lipinski definition) is 6. The topological polar surface area (TPSA) is 81.4 Å². The molecule has 0 aliphatic heterocycles. The monoisotopic (exact) mass is 490 g/mol. The molecule has 35 heavy (non-hydrogen) atoms. The Balaban J connectivity index is 1.63. The SMILES string of the molecule is CN(C)c1ccc([C@H]2C[C@@]3(C)C(CC[C@]3(O)C(=O)CSC#N)C3CCC4=CC(=O)CCC4=C32)cc1. The van der Waals surface area contributed by atoms with Crippen LogP contribution in [-0.4, -0.2) is 42.1 Å². The number of benzene rings is 1. The van der Waals surface area contributed by atoms with Crippen LogP contribution in [0.4, 0.5) is 5.69 Å². The van der Waals surface area contributed by atoms with Gasteiger partial charge in [0.15, 0.2) is 11.6 Å². The molecule has 4 aliphatic rings. The van der Waals surface area contributed by atoms with E-state index in [1.165, 1.54) is 22.3 Å². The second kappa shape index (κ2) is 8.94. The molecular weight excluding hydrogens is 456 g/mol. The maximum Gasteiger partial charge on any atom is 0.175 e. The lowest BCUT2D eigenvalue weighted by Crippen LogP contribution is -2.56. The summed E-state index contributed by atoms with van der Waals surface area (Å²) >= 11 is 0.922. The molecule has 5 atom stereocenters. The summed E-state index contributed by atoms with van der Waals surface area (Å²) < 4.78 is 0.